The summed E-state index contributed by atoms with van der Waals surface area (Å²) in [7, 11) is 0. The first-order chi connectivity index (χ1) is 5.71. The van der Waals surface area contributed by atoms with E-state index < -0.39 is 0 Å². The van der Waals surface area contributed by atoms with Crippen molar-refractivity contribution in [2.45, 2.75) is 25.7 Å². The fourth-order valence-electron chi connectivity index (χ4n) is 3.23. The van der Waals surface area contributed by atoms with Gasteiger partial charge in [0.15, 0.2) is 0 Å². The van der Waals surface area contributed by atoms with Crippen molar-refractivity contribution in [1.82, 2.24) is 5.32 Å². The number of hydrogen-bond donors (Lipinski definition) is 1. The van der Waals surface area contributed by atoms with Crippen molar-refractivity contribution in [3.8, 4) is 0 Å². The average molecular weight is 202 g/mol. The zero-order chi connectivity index (χ0) is 8.34. The van der Waals surface area contributed by atoms with Crippen LogP contribution >= 0.6 is 12.4 Å². The summed E-state index contributed by atoms with van der Waals surface area (Å²) in [6.07, 6.45) is 3.90. The van der Waals surface area contributed by atoms with Gasteiger partial charge in [0.1, 0.15) is 0 Å². The minimum absolute atomic E-state index is 0. The predicted molar refractivity (Wildman–Crippen MR) is 48.3 cm³/mol. The topological polar surface area (TPSA) is 46.2 Å². The molecule has 1 N–H and O–H groups in total. The third kappa shape index (κ3) is 0.909. The van der Waals surface area contributed by atoms with Crippen LogP contribution < -0.4 is 5.32 Å². The van der Waals surface area contributed by atoms with Gasteiger partial charge in [0.2, 0.25) is 11.8 Å². The summed E-state index contributed by atoms with van der Waals surface area (Å²) in [6, 6.07) is 0. The van der Waals surface area contributed by atoms with Crippen LogP contribution in [0.4, 0.5) is 0 Å². The fraction of sp³-hybridized carbons (Fsp3) is 0.778. The van der Waals surface area contributed by atoms with Gasteiger partial charge in [-0.2, -0.15) is 0 Å². The molecule has 13 heavy (non-hydrogen) atoms. The van der Waals surface area contributed by atoms with Crippen molar-refractivity contribution in [2.75, 3.05) is 0 Å². The predicted octanol–water partition coefficient (Wildman–Crippen LogP) is 0.871. The lowest BCUT2D eigenvalue weighted by Gasteiger charge is -2.32. The van der Waals surface area contributed by atoms with E-state index in [2.05, 4.69) is 5.32 Å². The molecule has 1 aliphatic heterocycles. The molecule has 3 aliphatic rings. The number of carbonyl (C=O) groups is 2. The van der Waals surface area contributed by atoms with Crippen LogP contribution in [0.15, 0.2) is 0 Å². The third-order valence-corrected chi connectivity index (χ3v) is 3.88. The van der Waals surface area contributed by atoms with Gasteiger partial charge in [-0.25, -0.2) is 0 Å². The van der Waals surface area contributed by atoms with Crippen LogP contribution in [0.1, 0.15) is 25.7 Å². The van der Waals surface area contributed by atoms with Crippen LogP contribution in [0, 0.1) is 17.3 Å². The van der Waals surface area contributed by atoms with Gasteiger partial charge >= 0.3 is 0 Å². The number of fused-ring (bicyclic) bond motifs is 3. The van der Waals surface area contributed by atoms with E-state index in [1.54, 1.807) is 0 Å². The molecule has 3 nitrogen and oxygen atoms in total. The molecule has 0 aromatic heterocycles. The second kappa shape index (κ2) is 2.47. The summed E-state index contributed by atoms with van der Waals surface area (Å²) in [5.41, 5.74) is -0.122. The molecule has 72 valence electrons. The zero-order valence-electron chi connectivity index (χ0n) is 7.21. The Balaban J connectivity index is 0.000000653. The van der Waals surface area contributed by atoms with Crippen LogP contribution in [-0.4, -0.2) is 11.8 Å². The Kier molecular flexibility index (Phi) is 1.71. The minimum Gasteiger partial charge on any atom is -0.296 e. The molecule has 3 unspecified atom stereocenters. The van der Waals surface area contributed by atoms with Crippen LogP contribution in [-0.2, 0) is 9.59 Å². The molecule has 0 aromatic rings. The third-order valence-electron chi connectivity index (χ3n) is 3.88. The molecule has 1 spiro atoms. The molecule has 3 bridgehead atoms. The number of amides is 2. The molecule has 1 saturated heterocycles. The summed E-state index contributed by atoms with van der Waals surface area (Å²) < 4.78 is 0. The van der Waals surface area contributed by atoms with Crippen molar-refractivity contribution in [1.29, 1.82) is 0 Å². The van der Waals surface area contributed by atoms with E-state index in [-0.39, 0.29) is 35.6 Å². The van der Waals surface area contributed by atoms with Gasteiger partial charge in [0.05, 0.1) is 5.41 Å². The normalized spacial score (nSPS) is 45.8. The maximum atomic E-state index is 11.5. The Labute approximate surface area is 82.7 Å². The Hall–Kier alpha value is -0.570. The number of nitrogens with one attached hydrogen (secondary N) is 1. The van der Waals surface area contributed by atoms with Gasteiger partial charge in [-0.3, -0.25) is 14.9 Å². The highest BCUT2D eigenvalue weighted by Crippen LogP contribution is 2.58. The second-order valence-electron chi connectivity index (χ2n) is 4.41. The molecule has 0 radical (unpaired) electrons. The van der Waals surface area contributed by atoms with Gasteiger partial charge < -0.3 is 0 Å². The maximum absolute atomic E-state index is 11.5. The van der Waals surface area contributed by atoms with Gasteiger partial charge in [-0.05, 0) is 31.6 Å². The first-order valence-corrected chi connectivity index (χ1v) is 4.57. The van der Waals surface area contributed by atoms with Crippen LogP contribution in [0.5, 0.6) is 0 Å². The van der Waals surface area contributed by atoms with E-state index in [0.29, 0.717) is 5.92 Å². The summed E-state index contributed by atoms with van der Waals surface area (Å²) in [5, 5.41) is 2.49. The lowest BCUT2D eigenvalue weighted by atomic mass is 9.76. The Morgan fingerprint density at radius 2 is 2.08 bits per heavy atom. The number of hydrogen-bond acceptors (Lipinski definition) is 2. The fourth-order valence-corrected chi connectivity index (χ4v) is 3.23. The average Bonchev–Trinajstić information content (AvgIpc) is 2.57. The van der Waals surface area contributed by atoms with E-state index in [9.17, 15) is 9.59 Å². The zero-order valence-corrected chi connectivity index (χ0v) is 8.02. The van der Waals surface area contributed by atoms with E-state index >= 15 is 0 Å². The van der Waals surface area contributed by atoms with E-state index in [1.807, 2.05) is 0 Å². The van der Waals surface area contributed by atoms with Gasteiger partial charge in [0.25, 0.3) is 0 Å². The van der Waals surface area contributed by atoms with E-state index in [1.165, 1.54) is 0 Å². The summed E-state index contributed by atoms with van der Waals surface area (Å²) >= 11 is 0. The number of rotatable bonds is 0. The SMILES string of the molecule is Cl.O=C1NC(=O)C23CCC(C2)C1C3. The molecule has 1 heterocycles. The van der Waals surface area contributed by atoms with Crippen molar-refractivity contribution in [3.05, 3.63) is 0 Å². The highest BCUT2D eigenvalue weighted by molar-refractivity contribution is 6.03. The van der Waals surface area contributed by atoms with Crippen molar-refractivity contribution >= 4 is 24.2 Å². The molecular weight excluding hydrogens is 190 g/mol. The summed E-state index contributed by atoms with van der Waals surface area (Å²) in [4.78, 5) is 22.8. The first-order valence-electron chi connectivity index (χ1n) is 4.57. The quantitative estimate of drug-likeness (QED) is 0.592. The monoisotopic (exact) mass is 201 g/mol. The van der Waals surface area contributed by atoms with E-state index in [0.717, 1.165) is 25.7 Å². The standard InChI is InChI=1S/C9H11NO2.ClH/c11-7-6-4-9(8(12)10-7)2-1-5(6)3-9;/h5-6H,1-4H2,(H,10,11,12);1H. The van der Waals surface area contributed by atoms with Gasteiger partial charge in [0, 0.05) is 5.92 Å². The number of carbonyl (C=O) groups excluding carboxylic acids is 2. The Bertz CT molecular complexity index is 291. The number of halogens is 1. The van der Waals surface area contributed by atoms with Crippen LogP contribution in [0.25, 0.3) is 0 Å². The Morgan fingerprint density at radius 3 is 2.85 bits per heavy atom. The molecule has 3 rings (SSSR count). The molecule has 0 aromatic carbocycles. The first kappa shape index (κ1) is 9.00. The van der Waals surface area contributed by atoms with Crippen molar-refractivity contribution in [3.63, 3.8) is 0 Å². The molecule has 2 amide bonds. The minimum atomic E-state index is -0.122. The molecule has 3 fully saturated rings. The lowest BCUT2D eigenvalue weighted by Crippen LogP contribution is -2.50. The van der Waals surface area contributed by atoms with Crippen LogP contribution in [0.3, 0.4) is 0 Å². The van der Waals surface area contributed by atoms with Crippen LogP contribution in [0.2, 0.25) is 0 Å². The summed E-state index contributed by atoms with van der Waals surface area (Å²) in [5.74, 6) is 0.662. The maximum Gasteiger partial charge on any atom is 0.232 e. The summed E-state index contributed by atoms with van der Waals surface area (Å²) in [6.45, 7) is 0. The number of piperidine rings is 1. The Morgan fingerprint density at radius 1 is 1.31 bits per heavy atom. The number of imide groups is 1. The molecular formula is C9H12ClNO2. The molecule has 2 aliphatic carbocycles. The molecule has 2 saturated carbocycles. The van der Waals surface area contributed by atoms with E-state index in [4.69, 9.17) is 0 Å². The second-order valence-corrected chi connectivity index (χ2v) is 4.41. The van der Waals surface area contributed by atoms with Crippen molar-refractivity contribution in [2.24, 2.45) is 17.3 Å². The smallest absolute Gasteiger partial charge is 0.232 e. The lowest BCUT2D eigenvalue weighted by molar-refractivity contribution is -0.143. The highest BCUT2D eigenvalue weighted by Gasteiger charge is 2.60. The largest absolute Gasteiger partial charge is 0.296 e. The molecule has 3 atom stereocenters. The van der Waals surface area contributed by atoms with Crippen molar-refractivity contribution < 1.29 is 9.59 Å². The van der Waals surface area contributed by atoms with Gasteiger partial charge in [-0.1, -0.05) is 0 Å². The highest BCUT2D eigenvalue weighted by atomic mass is 35.5. The van der Waals surface area contributed by atoms with Gasteiger partial charge in [-0.15, -0.1) is 12.4 Å². The molecule has 4 heteroatoms.